The number of nitrogens with one attached hydrogen (secondary N) is 1. The molecule has 37 heavy (non-hydrogen) atoms. The molecule has 1 aromatic carbocycles. The van der Waals surface area contributed by atoms with Gasteiger partial charge in [-0.1, -0.05) is 30.0 Å². The molecule has 2 fully saturated rings. The molecule has 6 nitrogen and oxygen atoms in total. The lowest BCUT2D eigenvalue weighted by Gasteiger charge is -2.22. The number of alkyl halides is 3. The van der Waals surface area contributed by atoms with Crippen LogP contribution in [-0.4, -0.2) is 44.7 Å². The fraction of sp³-hybridized carbons (Fsp3) is 0.333. The van der Waals surface area contributed by atoms with Crippen LogP contribution in [0.2, 0.25) is 0 Å². The van der Waals surface area contributed by atoms with Crippen LogP contribution < -0.4 is 5.32 Å². The second-order valence-corrected chi connectivity index (χ2v) is 11.2. The SMILES string of the molecule is O=C(O)CCNC(=O)[C@@H]1CC[C@H](N2C(=O)/C(=C/c3cc(-c4ccc(F)c(C(F)(F)F)c4)cs3)SC2=S)C1. The van der Waals surface area contributed by atoms with Crippen molar-refractivity contribution in [3.8, 4) is 11.1 Å². The lowest BCUT2D eigenvalue weighted by molar-refractivity contribution is -0.140. The molecule has 1 saturated carbocycles. The number of hydrogen-bond acceptors (Lipinski definition) is 6. The Bertz CT molecular complexity index is 1290. The molecule has 13 heteroatoms. The Morgan fingerprint density at radius 2 is 1.97 bits per heavy atom. The maximum atomic E-state index is 13.6. The first kappa shape index (κ1) is 27.3. The quantitative estimate of drug-likeness (QED) is 0.258. The van der Waals surface area contributed by atoms with Gasteiger partial charge < -0.3 is 10.4 Å². The highest BCUT2D eigenvalue weighted by molar-refractivity contribution is 8.26. The number of rotatable bonds is 7. The average molecular weight is 573 g/mol. The molecule has 0 spiro atoms. The number of aliphatic carboxylic acids is 1. The molecule has 0 unspecified atom stereocenters. The van der Waals surface area contributed by atoms with E-state index in [1.165, 1.54) is 22.3 Å². The van der Waals surface area contributed by atoms with Crippen molar-refractivity contribution in [1.29, 1.82) is 0 Å². The molecule has 1 saturated heterocycles. The summed E-state index contributed by atoms with van der Waals surface area (Å²) in [5.74, 6) is -3.24. The zero-order valence-corrected chi connectivity index (χ0v) is 21.5. The number of carboxylic acids is 1. The maximum Gasteiger partial charge on any atom is 0.419 e. The van der Waals surface area contributed by atoms with Crippen molar-refractivity contribution in [2.45, 2.75) is 37.9 Å². The summed E-state index contributed by atoms with van der Waals surface area (Å²) in [5, 5.41) is 12.9. The highest BCUT2D eigenvalue weighted by Gasteiger charge is 2.42. The molecule has 2 aliphatic rings. The third kappa shape index (κ3) is 6.21. The molecule has 2 heterocycles. The number of nitrogens with zero attached hydrogens (tertiary/aromatic N) is 1. The summed E-state index contributed by atoms with van der Waals surface area (Å²) in [6, 6.07) is 4.17. The molecule has 1 aliphatic carbocycles. The number of halogens is 4. The van der Waals surface area contributed by atoms with Gasteiger partial charge in [-0.2, -0.15) is 13.2 Å². The number of carboxylic acid groups (broad SMARTS) is 1. The molecule has 4 rings (SSSR count). The normalized spacial score (nSPS) is 21.2. The van der Waals surface area contributed by atoms with Gasteiger partial charge in [0.15, 0.2) is 0 Å². The fourth-order valence-corrected chi connectivity index (χ4v) is 6.61. The summed E-state index contributed by atoms with van der Waals surface area (Å²) in [6.07, 6.45) is -1.83. The van der Waals surface area contributed by atoms with Gasteiger partial charge in [-0.25, -0.2) is 4.39 Å². The molecule has 196 valence electrons. The van der Waals surface area contributed by atoms with Gasteiger partial charge >= 0.3 is 12.1 Å². The van der Waals surface area contributed by atoms with E-state index >= 15 is 0 Å². The third-order valence-corrected chi connectivity index (χ3v) is 8.31. The predicted molar refractivity (Wildman–Crippen MR) is 136 cm³/mol. The van der Waals surface area contributed by atoms with Gasteiger partial charge in [0.1, 0.15) is 10.1 Å². The molecule has 2 atom stereocenters. The summed E-state index contributed by atoms with van der Waals surface area (Å²) < 4.78 is 53.2. The predicted octanol–water partition coefficient (Wildman–Crippen LogP) is 5.53. The first-order valence-corrected chi connectivity index (χ1v) is 13.3. The number of thiocarbonyl (C=S) groups is 1. The van der Waals surface area contributed by atoms with Gasteiger partial charge in [-0.15, -0.1) is 11.3 Å². The molecule has 2 aromatic rings. The zero-order chi connectivity index (χ0) is 26.9. The number of hydrogen-bond donors (Lipinski definition) is 2. The standard InChI is InChI=1S/C24H20F4N2O4S3/c25-18-4-2-12(9-17(18)24(26,27)28)14-8-16(36-11-14)10-19-22(34)30(23(35)37-19)15-3-1-13(7-15)21(33)29-6-5-20(31)32/h2,4,8-11,13,15H,1,3,5-7H2,(H,29,33)(H,31,32)/b19-10-/t13-,15+/m1/s1. The Morgan fingerprint density at radius 1 is 1.22 bits per heavy atom. The first-order chi connectivity index (χ1) is 17.4. The van der Waals surface area contributed by atoms with Crippen LogP contribution in [0, 0.1) is 11.7 Å². The lowest BCUT2D eigenvalue weighted by Crippen LogP contribution is -2.38. The molecule has 1 aromatic heterocycles. The maximum absolute atomic E-state index is 13.6. The van der Waals surface area contributed by atoms with E-state index in [9.17, 15) is 31.9 Å². The van der Waals surface area contributed by atoms with Crippen LogP contribution in [0.5, 0.6) is 0 Å². The van der Waals surface area contributed by atoms with E-state index in [1.807, 2.05) is 0 Å². The molecular weight excluding hydrogens is 552 g/mol. The first-order valence-electron chi connectivity index (χ1n) is 11.2. The Kier molecular flexibility index (Phi) is 8.05. The van der Waals surface area contributed by atoms with Crippen molar-refractivity contribution < 1.29 is 37.1 Å². The van der Waals surface area contributed by atoms with Gasteiger partial charge in [0.2, 0.25) is 5.91 Å². The fourth-order valence-electron chi connectivity index (χ4n) is 4.29. The molecular formula is C24H20F4N2O4S3. The minimum absolute atomic E-state index is 0.0391. The van der Waals surface area contributed by atoms with Crippen molar-refractivity contribution in [1.82, 2.24) is 10.2 Å². The Balaban J connectivity index is 1.44. The summed E-state index contributed by atoms with van der Waals surface area (Å²) in [4.78, 5) is 38.6. The van der Waals surface area contributed by atoms with E-state index in [2.05, 4.69) is 5.32 Å². The van der Waals surface area contributed by atoms with E-state index in [4.69, 9.17) is 17.3 Å². The number of amides is 2. The van der Waals surface area contributed by atoms with Crippen molar-refractivity contribution >= 4 is 63.5 Å². The van der Waals surface area contributed by atoms with Crippen LogP contribution in [0.4, 0.5) is 17.6 Å². The summed E-state index contributed by atoms with van der Waals surface area (Å²) >= 11 is 7.76. The second kappa shape index (κ2) is 10.9. The van der Waals surface area contributed by atoms with Gasteiger partial charge in [0.05, 0.1) is 16.9 Å². The number of benzene rings is 1. The molecule has 2 amide bonds. The van der Waals surface area contributed by atoms with E-state index in [0.29, 0.717) is 38.9 Å². The van der Waals surface area contributed by atoms with Gasteiger partial charge in [0.25, 0.3) is 5.91 Å². The van der Waals surface area contributed by atoms with Gasteiger partial charge in [-0.05, 0) is 60.0 Å². The van der Waals surface area contributed by atoms with Gasteiger partial charge in [0, 0.05) is 23.4 Å². The zero-order valence-electron chi connectivity index (χ0n) is 19.0. The number of thioether (sulfide) groups is 1. The third-order valence-electron chi connectivity index (χ3n) is 6.10. The molecule has 0 bridgehead atoms. The highest BCUT2D eigenvalue weighted by atomic mass is 32.2. The van der Waals surface area contributed by atoms with Crippen molar-refractivity contribution in [3.63, 3.8) is 0 Å². The van der Waals surface area contributed by atoms with Crippen molar-refractivity contribution in [3.05, 3.63) is 50.8 Å². The Labute approximate surface area is 222 Å². The van der Waals surface area contributed by atoms with Crippen molar-refractivity contribution in [2.24, 2.45) is 5.92 Å². The number of thiophene rings is 1. The van der Waals surface area contributed by atoms with Crippen LogP contribution in [0.1, 0.15) is 36.1 Å². The number of carbonyl (C=O) groups excluding carboxylic acids is 2. The highest BCUT2D eigenvalue weighted by Crippen LogP contribution is 2.41. The Morgan fingerprint density at radius 3 is 2.68 bits per heavy atom. The molecule has 0 radical (unpaired) electrons. The largest absolute Gasteiger partial charge is 0.481 e. The van der Waals surface area contributed by atoms with E-state index in [0.717, 1.165) is 23.9 Å². The minimum Gasteiger partial charge on any atom is -0.481 e. The monoisotopic (exact) mass is 572 g/mol. The average Bonchev–Trinajstić information content (AvgIpc) is 3.53. The Hall–Kier alpha value is -2.77. The number of carbonyl (C=O) groups is 3. The van der Waals surface area contributed by atoms with E-state index in [-0.39, 0.29) is 42.3 Å². The molecule has 2 N–H and O–H groups in total. The lowest BCUT2D eigenvalue weighted by atomic mass is 10.0. The smallest absolute Gasteiger partial charge is 0.419 e. The van der Waals surface area contributed by atoms with Crippen LogP contribution in [-0.2, 0) is 20.6 Å². The van der Waals surface area contributed by atoms with Crippen LogP contribution >= 0.6 is 35.3 Å². The van der Waals surface area contributed by atoms with Crippen LogP contribution in [0.15, 0.2) is 34.6 Å². The summed E-state index contributed by atoms with van der Waals surface area (Å²) in [5.41, 5.74) is -0.676. The van der Waals surface area contributed by atoms with E-state index < -0.39 is 23.5 Å². The summed E-state index contributed by atoms with van der Waals surface area (Å²) in [6.45, 7) is 0.0391. The van der Waals surface area contributed by atoms with Crippen LogP contribution in [0.3, 0.4) is 0 Å². The summed E-state index contributed by atoms with van der Waals surface area (Å²) in [7, 11) is 0. The second-order valence-electron chi connectivity index (χ2n) is 8.58. The van der Waals surface area contributed by atoms with E-state index in [1.54, 1.807) is 17.5 Å². The van der Waals surface area contributed by atoms with Gasteiger partial charge in [-0.3, -0.25) is 19.3 Å². The topological polar surface area (TPSA) is 86.7 Å². The van der Waals surface area contributed by atoms with Crippen LogP contribution in [0.25, 0.3) is 17.2 Å². The van der Waals surface area contributed by atoms with Crippen molar-refractivity contribution in [2.75, 3.05) is 6.54 Å². The minimum atomic E-state index is -4.81. The molecule has 1 aliphatic heterocycles.